The van der Waals surface area contributed by atoms with Crippen molar-refractivity contribution in [2.45, 2.75) is 105 Å². The molecule has 3 atom stereocenters. The van der Waals surface area contributed by atoms with Gasteiger partial charge in [0, 0.05) is 31.5 Å². The van der Waals surface area contributed by atoms with Crippen LogP contribution in [-0.2, 0) is 30.5 Å². The Morgan fingerprint density at radius 3 is 2.40 bits per heavy atom. The zero-order valence-electron chi connectivity index (χ0n) is 31.5. The van der Waals surface area contributed by atoms with E-state index in [9.17, 15) is 10.1 Å². The topological polar surface area (TPSA) is 79.1 Å². The summed E-state index contributed by atoms with van der Waals surface area (Å²) in [5.41, 5.74) is 5.70. The van der Waals surface area contributed by atoms with Gasteiger partial charge in [0.15, 0.2) is 5.78 Å². The molecule has 0 aliphatic carbocycles. The Balaban J connectivity index is 2.01. The molecule has 0 spiro atoms. The molecule has 0 N–H and O–H groups in total. The van der Waals surface area contributed by atoms with Crippen molar-refractivity contribution in [3.05, 3.63) is 96.2 Å². The first-order valence-electron chi connectivity index (χ1n) is 18.8. The lowest BCUT2D eigenvalue weighted by Gasteiger charge is -2.30. The highest BCUT2D eigenvalue weighted by Crippen LogP contribution is 2.31. The van der Waals surface area contributed by atoms with Gasteiger partial charge in [-0.3, -0.25) is 4.79 Å². The molecule has 1 aromatic heterocycles. The molecule has 0 saturated carbocycles. The highest BCUT2D eigenvalue weighted by molar-refractivity contribution is 5.90. The molecule has 3 aromatic rings. The Morgan fingerprint density at radius 2 is 1.76 bits per heavy atom. The van der Waals surface area contributed by atoms with Crippen molar-refractivity contribution in [3.8, 4) is 12.1 Å². The van der Waals surface area contributed by atoms with E-state index in [2.05, 4.69) is 108 Å². The molecule has 0 amide bonds. The van der Waals surface area contributed by atoms with Crippen LogP contribution < -0.4 is 9.64 Å². The second-order valence-corrected chi connectivity index (χ2v) is 14.0. The zero-order valence-corrected chi connectivity index (χ0v) is 31.5. The van der Waals surface area contributed by atoms with Crippen molar-refractivity contribution in [1.82, 2.24) is 9.97 Å². The first kappa shape index (κ1) is 40.2. The van der Waals surface area contributed by atoms with E-state index >= 15 is 0 Å². The molecular weight excluding hydrogens is 617 g/mol. The minimum Gasteiger partial charge on any atom is -0.463 e. The predicted octanol–water partition coefficient (Wildman–Crippen LogP) is 10.4. The van der Waals surface area contributed by atoms with Crippen LogP contribution >= 0.6 is 0 Å². The number of rotatable bonds is 24. The average molecular weight is 677 g/mol. The molecule has 268 valence electrons. The van der Waals surface area contributed by atoms with Crippen molar-refractivity contribution in [1.29, 1.82) is 5.26 Å². The molecule has 1 unspecified atom stereocenters. The van der Waals surface area contributed by atoms with Gasteiger partial charge < -0.3 is 9.64 Å². The fraction of sp³-hybridized carbons (Fsp3) is 0.500. The predicted molar refractivity (Wildman–Crippen MR) is 210 cm³/mol. The molecule has 0 aliphatic rings. The Labute approximate surface area is 302 Å². The minimum absolute atomic E-state index is 0.0315. The molecular formula is C44H60N4O2. The molecule has 3 rings (SSSR count). The number of nitriles is 1. The van der Waals surface area contributed by atoms with Crippen molar-refractivity contribution >= 4 is 22.4 Å². The lowest BCUT2D eigenvalue weighted by Crippen LogP contribution is -2.32. The zero-order chi connectivity index (χ0) is 36.5. The molecule has 0 bridgehead atoms. The number of anilines is 1. The van der Waals surface area contributed by atoms with Crippen molar-refractivity contribution in [2.24, 2.45) is 17.8 Å². The highest BCUT2D eigenvalue weighted by Gasteiger charge is 2.23. The van der Waals surface area contributed by atoms with Crippen LogP contribution in [0.1, 0.15) is 102 Å². The van der Waals surface area contributed by atoms with E-state index in [-0.39, 0.29) is 24.0 Å². The Bertz CT molecular complexity index is 1610. The summed E-state index contributed by atoms with van der Waals surface area (Å²) in [6, 6.07) is 16.0. The first-order valence-corrected chi connectivity index (χ1v) is 18.8. The maximum Gasteiger partial charge on any atom is 0.318 e. The molecule has 1 heterocycles. The number of nitrogens with zero attached hydrogens (tertiary/aromatic N) is 4. The molecule has 0 radical (unpaired) electrons. The van der Waals surface area contributed by atoms with E-state index in [4.69, 9.17) is 14.7 Å². The summed E-state index contributed by atoms with van der Waals surface area (Å²) in [7, 11) is 0. The summed E-state index contributed by atoms with van der Waals surface area (Å²) in [6.07, 6.45) is 12.6. The van der Waals surface area contributed by atoms with Crippen molar-refractivity contribution in [3.63, 3.8) is 0 Å². The van der Waals surface area contributed by atoms with Gasteiger partial charge >= 0.3 is 6.01 Å². The van der Waals surface area contributed by atoms with Gasteiger partial charge in [-0.2, -0.15) is 15.2 Å². The van der Waals surface area contributed by atoms with E-state index < -0.39 is 0 Å². The molecule has 0 fully saturated rings. The van der Waals surface area contributed by atoms with Crippen LogP contribution in [0, 0.1) is 29.1 Å². The Morgan fingerprint density at radius 1 is 1.02 bits per heavy atom. The summed E-state index contributed by atoms with van der Waals surface area (Å²) < 4.78 is 6.30. The van der Waals surface area contributed by atoms with Crippen LogP contribution in [0.15, 0.2) is 73.9 Å². The Kier molecular flexibility index (Phi) is 16.9. The number of carbonyl (C=O) groups excluding carboxylic acids is 1. The lowest BCUT2D eigenvalue weighted by molar-refractivity contribution is -0.114. The van der Waals surface area contributed by atoms with Crippen LogP contribution in [0.4, 0.5) is 5.82 Å². The van der Waals surface area contributed by atoms with Gasteiger partial charge in [-0.25, -0.2) is 0 Å². The number of ether oxygens (including phenoxy) is 1. The van der Waals surface area contributed by atoms with Crippen LogP contribution in [0.2, 0.25) is 0 Å². The number of aromatic nitrogens is 2. The van der Waals surface area contributed by atoms with E-state index in [0.29, 0.717) is 44.5 Å². The van der Waals surface area contributed by atoms with Gasteiger partial charge in [0.2, 0.25) is 0 Å². The van der Waals surface area contributed by atoms with E-state index in [0.717, 1.165) is 67.6 Å². The third-order valence-electron chi connectivity index (χ3n) is 9.63. The maximum absolute atomic E-state index is 12.1. The smallest absolute Gasteiger partial charge is 0.318 e. The number of benzene rings is 2. The average Bonchev–Trinajstić information content (AvgIpc) is 3.12. The van der Waals surface area contributed by atoms with Crippen LogP contribution in [-0.4, -0.2) is 35.4 Å². The number of hydrogen-bond acceptors (Lipinski definition) is 6. The fourth-order valence-corrected chi connectivity index (χ4v) is 6.68. The van der Waals surface area contributed by atoms with E-state index in [1.807, 2.05) is 0 Å². The normalized spacial score (nSPS) is 12.9. The van der Waals surface area contributed by atoms with E-state index in [1.54, 1.807) is 0 Å². The second-order valence-electron chi connectivity index (χ2n) is 14.0. The number of carbonyl (C=O) groups is 1. The molecule has 50 heavy (non-hydrogen) atoms. The van der Waals surface area contributed by atoms with Crippen LogP contribution in [0.5, 0.6) is 6.01 Å². The molecule has 0 saturated heterocycles. The standard InChI is InChI=1S/C44H60N4O2/c1-9-14-17-34(8)31-50-44-46-41(13-5)40(43(47-44)48(30-33(7)24-26-45)27-25-32(6)28-39(49)12-4)23-22-35(10-2)29-38-21-16-20-37-19-15-18-36(11-3)42(37)38/h10,12,15-16,18-21,33-35H,2,4,6,9,11,13-14,17,22-25,27-31H2,1,3,5,7-8H3/t33-,34-,35?/m0/s1. The van der Waals surface area contributed by atoms with Gasteiger partial charge in [0.25, 0.3) is 0 Å². The number of hydrogen-bond donors (Lipinski definition) is 0. The van der Waals surface area contributed by atoms with E-state index in [1.165, 1.54) is 34.4 Å². The minimum atomic E-state index is -0.0315. The SMILES string of the molecule is C=CC(=O)CC(=C)CCN(C[C@@H](C)CC#N)c1nc(OC[C@@H](C)CCCC)nc(CC)c1CCC(C=C)Cc1cccc2cccc(CC)c12. The van der Waals surface area contributed by atoms with Gasteiger partial charge in [-0.1, -0.05) is 109 Å². The van der Waals surface area contributed by atoms with Gasteiger partial charge in [-0.05, 0) is 90.7 Å². The third-order valence-corrected chi connectivity index (χ3v) is 9.63. The highest BCUT2D eigenvalue weighted by atomic mass is 16.5. The van der Waals surface area contributed by atoms with Gasteiger partial charge in [0.1, 0.15) is 5.82 Å². The molecule has 6 nitrogen and oxygen atoms in total. The number of unbranched alkanes of at least 4 members (excludes halogenated alkanes) is 1. The Hall–Kier alpha value is -4.24. The number of fused-ring (bicyclic) bond motifs is 1. The largest absolute Gasteiger partial charge is 0.463 e. The number of allylic oxidation sites excluding steroid dienone is 2. The second kappa shape index (κ2) is 21.1. The fourth-order valence-electron chi connectivity index (χ4n) is 6.68. The monoisotopic (exact) mass is 676 g/mol. The molecule has 6 heteroatoms. The lowest BCUT2D eigenvalue weighted by atomic mass is 9.88. The van der Waals surface area contributed by atoms with Crippen LogP contribution in [0.3, 0.4) is 0 Å². The summed E-state index contributed by atoms with van der Waals surface area (Å²) in [5, 5.41) is 12.2. The maximum atomic E-state index is 12.1. The molecule has 2 aromatic carbocycles. The molecule has 0 aliphatic heterocycles. The van der Waals surface area contributed by atoms with Crippen LogP contribution in [0.25, 0.3) is 10.8 Å². The summed E-state index contributed by atoms with van der Waals surface area (Å²) in [6.45, 7) is 24.8. The number of aryl methyl sites for hydroxylation is 2. The van der Waals surface area contributed by atoms with Gasteiger partial charge in [0.05, 0.1) is 18.4 Å². The van der Waals surface area contributed by atoms with Gasteiger partial charge in [-0.15, -0.1) is 6.58 Å². The quantitative estimate of drug-likeness (QED) is 0.0694. The third kappa shape index (κ3) is 12.0. The summed E-state index contributed by atoms with van der Waals surface area (Å²) in [5.74, 6) is 1.61. The van der Waals surface area contributed by atoms with Crippen molar-refractivity contribution < 1.29 is 9.53 Å². The van der Waals surface area contributed by atoms with Crippen molar-refractivity contribution in [2.75, 3.05) is 24.6 Å². The number of ketones is 1. The summed E-state index contributed by atoms with van der Waals surface area (Å²) >= 11 is 0. The first-order chi connectivity index (χ1) is 24.2. The summed E-state index contributed by atoms with van der Waals surface area (Å²) in [4.78, 5) is 24.5.